The molecule has 4 aromatic rings. The van der Waals surface area contributed by atoms with Gasteiger partial charge in [-0.05, 0) is 55.7 Å². The zero-order valence-corrected chi connectivity index (χ0v) is 17.9. The molecule has 0 aliphatic rings. The minimum absolute atomic E-state index is 0.187. The number of nitrogen functional groups attached to an aromatic ring is 1. The number of anilines is 2. The van der Waals surface area contributed by atoms with E-state index in [1.165, 1.54) is 0 Å². The number of nitrogens with zero attached hydrogens (tertiary/aromatic N) is 1. The molecule has 1 aromatic heterocycles. The second kappa shape index (κ2) is 7.98. The Kier molecular flexibility index (Phi) is 5.35. The number of rotatable bonds is 4. The lowest BCUT2D eigenvalue weighted by atomic mass is 9.91. The number of nitrogens with two attached hydrogens (primary N) is 2. The first-order valence-corrected chi connectivity index (χ1v) is 10.2. The van der Waals surface area contributed by atoms with Crippen LogP contribution in [0.15, 0.2) is 48.5 Å². The van der Waals surface area contributed by atoms with Crippen molar-refractivity contribution < 1.29 is 9.90 Å². The van der Waals surface area contributed by atoms with Gasteiger partial charge in [-0.2, -0.15) is 0 Å². The number of pyridine rings is 1. The fourth-order valence-electron chi connectivity index (χ4n) is 3.85. The van der Waals surface area contributed by atoms with Gasteiger partial charge in [0.2, 0.25) is 5.91 Å². The molecule has 0 aliphatic carbocycles. The first kappa shape index (κ1) is 20.8. The van der Waals surface area contributed by atoms with Gasteiger partial charge in [-0.25, -0.2) is 4.98 Å². The lowest BCUT2D eigenvalue weighted by Crippen LogP contribution is -2.32. The van der Waals surface area contributed by atoms with E-state index in [-0.39, 0.29) is 12.5 Å². The molecule has 31 heavy (non-hydrogen) atoms. The zero-order chi connectivity index (χ0) is 22.3. The van der Waals surface area contributed by atoms with E-state index in [1.54, 1.807) is 13.0 Å². The SMILES string of the molecule is Cc1ccc2c(-c3cc(CO)cc(NC(=O)[C@H](C)N)c3N)c3ccccc3nc2c1C. The number of benzene rings is 3. The van der Waals surface area contributed by atoms with Gasteiger partial charge in [0.15, 0.2) is 0 Å². The molecule has 6 heteroatoms. The average Bonchev–Trinajstić information content (AvgIpc) is 2.76. The number of nitrogens with one attached hydrogen (secondary N) is 1. The third-order valence-corrected chi connectivity index (χ3v) is 5.74. The topological polar surface area (TPSA) is 114 Å². The van der Waals surface area contributed by atoms with Crippen molar-refractivity contribution in [3.8, 4) is 11.1 Å². The number of para-hydroxylation sites is 1. The molecule has 0 saturated carbocycles. The quantitative estimate of drug-likeness (QED) is 0.297. The van der Waals surface area contributed by atoms with Crippen LogP contribution in [0.4, 0.5) is 11.4 Å². The molecular formula is C25H26N4O2. The Morgan fingerprint density at radius 3 is 2.58 bits per heavy atom. The van der Waals surface area contributed by atoms with E-state index in [4.69, 9.17) is 16.5 Å². The molecule has 6 N–H and O–H groups in total. The van der Waals surface area contributed by atoms with Crippen LogP contribution in [0.25, 0.3) is 32.9 Å². The molecule has 0 fully saturated rings. The van der Waals surface area contributed by atoms with Crippen molar-refractivity contribution in [3.63, 3.8) is 0 Å². The second-order valence-corrected chi connectivity index (χ2v) is 7.95. The fourth-order valence-corrected chi connectivity index (χ4v) is 3.85. The predicted octanol–water partition coefficient (Wildman–Crippen LogP) is 4.03. The Morgan fingerprint density at radius 2 is 1.87 bits per heavy atom. The monoisotopic (exact) mass is 414 g/mol. The highest BCUT2D eigenvalue weighted by molar-refractivity contribution is 6.13. The zero-order valence-electron chi connectivity index (χ0n) is 17.9. The van der Waals surface area contributed by atoms with Gasteiger partial charge in [-0.3, -0.25) is 4.79 Å². The number of carbonyl (C=O) groups is 1. The van der Waals surface area contributed by atoms with Crippen LogP contribution in [0.5, 0.6) is 0 Å². The predicted molar refractivity (Wildman–Crippen MR) is 127 cm³/mol. The molecule has 0 unspecified atom stereocenters. The fraction of sp³-hybridized carbons (Fsp3) is 0.200. The van der Waals surface area contributed by atoms with E-state index in [1.807, 2.05) is 30.3 Å². The van der Waals surface area contributed by atoms with E-state index >= 15 is 0 Å². The summed E-state index contributed by atoms with van der Waals surface area (Å²) in [6.07, 6.45) is 0. The molecule has 0 spiro atoms. The smallest absolute Gasteiger partial charge is 0.241 e. The van der Waals surface area contributed by atoms with Gasteiger partial charge < -0.3 is 21.9 Å². The third kappa shape index (κ3) is 3.60. The summed E-state index contributed by atoms with van der Waals surface area (Å²) in [5, 5.41) is 14.6. The number of aliphatic hydroxyl groups excluding tert-OH is 1. The van der Waals surface area contributed by atoms with E-state index in [0.717, 1.165) is 44.1 Å². The summed E-state index contributed by atoms with van der Waals surface area (Å²) >= 11 is 0. The van der Waals surface area contributed by atoms with Gasteiger partial charge >= 0.3 is 0 Å². The number of aryl methyl sites for hydroxylation is 2. The molecule has 0 aliphatic heterocycles. The number of hydrogen-bond acceptors (Lipinski definition) is 5. The Balaban J connectivity index is 2.10. The van der Waals surface area contributed by atoms with Crippen molar-refractivity contribution in [3.05, 3.63) is 65.2 Å². The summed E-state index contributed by atoms with van der Waals surface area (Å²) in [6, 6.07) is 14.9. The minimum Gasteiger partial charge on any atom is -0.397 e. The molecule has 0 radical (unpaired) electrons. The number of amides is 1. The molecule has 158 valence electrons. The summed E-state index contributed by atoms with van der Waals surface area (Å²) in [4.78, 5) is 17.2. The molecule has 4 rings (SSSR count). The van der Waals surface area contributed by atoms with Gasteiger partial charge in [-0.15, -0.1) is 0 Å². The molecule has 3 aromatic carbocycles. The molecule has 6 nitrogen and oxygen atoms in total. The summed E-state index contributed by atoms with van der Waals surface area (Å²) in [5.74, 6) is -0.344. The standard InChI is InChI=1S/C25H26N4O2/c1-13-8-9-18-22(17-6-4-5-7-20(17)28-24(18)14(13)2)19-10-16(12-30)11-21(23(19)27)29-25(31)15(3)26/h4-11,15,30H,12,26-27H2,1-3H3,(H,29,31)/t15-/m0/s1. The van der Waals surface area contributed by atoms with Crippen LogP contribution in [0.1, 0.15) is 23.6 Å². The minimum atomic E-state index is -0.686. The lowest BCUT2D eigenvalue weighted by Gasteiger charge is -2.19. The number of hydrogen-bond donors (Lipinski definition) is 4. The molecular weight excluding hydrogens is 388 g/mol. The molecule has 1 atom stereocenters. The third-order valence-electron chi connectivity index (χ3n) is 5.74. The maximum absolute atomic E-state index is 12.3. The Morgan fingerprint density at radius 1 is 1.13 bits per heavy atom. The van der Waals surface area contributed by atoms with Crippen molar-refractivity contribution in [1.82, 2.24) is 4.98 Å². The summed E-state index contributed by atoms with van der Waals surface area (Å²) < 4.78 is 0. The van der Waals surface area contributed by atoms with Gasteiger partial charge in [-0.1, -0.05) is 30.3 Å². The summed E-state index contributed by atoms with van der Waals surface area (Å²) in [6.45, 7) is 5.55. The van der Waals surface area contributed by atoms with Crippen molar-refractivity contribution in [2.45, 2.75) is 33.4 Å². The Labute approximate surface area is 180 Å². The first-order chi connectivity index (χ1) is 14.8. The highest BCUT2D eigenvalue weighted by atomic mass is 16.3. The van der Waals surface area contributed by atoms with E-state index < -0.39 is 6.04 Å². The Bertz CT molecular complexity index is 1330. The highest BCUT2D eigenvalue weighted by Gasteiger charge is 2.19. The van der Waals surface area contributed by atoms with E-state index in [0.29, 0.717) is 16.9 Å². The number of carbonyl (C=O) groups excluding carboxylic acids is 1. The molecule has 1 heterocycles. The largest absolute Gasteiger partial charge is 0.397 e. The van der Waals surface area contributed by atoms with Gasteiger partial charge in [0.1, 0.15) is 0 Å². The molecule has 0 saturated heterocycles. The van der Waals surface area contributed by atoms with E-state index in [2.05, 4.69) is 31.3 Å². The maximum atomic E-state index is 12.3. The van der Waals surface area contributed by atoms with Crippen molar-refractivity contribution >= 4 is 39.1 Å². The average molecular weight is 415 g/mol. The lowest BCUT2D eigenvalue weighted by molar-refractivity contribution is -0.117. The number of aromatic nitrogens is 1. The highest BCUT2D eigenvalue weighted by Crippen LogP contribution is 2.41. The van der Waals surface area contributed by atoms with Crippen LogP contribution in [0, 0.1) is 13.8 Å². The summed E-state index contributed by atoms with van der Waals surface area (Å²) in [5.41, 5.74) is 19.5. The first-order valence-electron chi connectivity index (χ1n) is 10.2. The van der Waals surface area contributed by atoms with Crippen LogP contribution in [-0.4, -0.2) is 22.0 Å². The molecule has 0 bridgehead atoms. The normalized spacial score (nSPS) is 12.3. The Hall–Kier alpha value is -3.48. The van der Waals surface area contributed by atoms with Crippen LogP contribution >= 0.6 is 0 Å². The number of fused-ring (bicyclic) bond motifs is 2. The second-order valence-electron chi connectivity index (χ2n) is 7.95. The van der Waals surface area contributed by atoms with Crippen LogP contribution in [0.3, 0.4) is 0 Å². The van der Waals surface area contributed by atoms with Crippen molar-refractivity contribution in [1.29, 1.82) is 0 Å². The van der Waals surface area contributed by atoms with Crippen LogP contribution in [0.2, 0.25) is 0 Å². The van der Waals surface area contributed by atoms with Crippen LogP contribution in [-0.2, 0) is 11.4 Å². The van der Waals surface area contributed by atoms with Gasteiger partial charge in [0, 0.05) is 21.9 Å². The van der Waals surface area contributed by atoms with Gasteiger partial charge in [0.25, 0.3) is 0 Å². The summed E-state index contributed by atoms with van der Waals surface area (Å²) in [7, 11) is 0. The van der Waals surface area contributed by atoms with Crippen molar-refractivity contribution in [2.24, 2.45) is 5.73 Å². The molecule has 1 amide bonds. The maximum Gasteiger partial charge on any atom is 0.241 e. The van der Waals surface area contributed by atoms with E-state index in [9.17, 15) is 9.90 Å². The number of aliphatic hydroxyl groups is 1. The van der Waals surface area contributed by atoms with Crippen molar-refractivity contribution in [2.75, 3.05) is 11.1 Å². The van der Waals surface area contributed by atoms with Gasteiger partial charge in [0.05, 0.1) is 35.1 Å². The van der Waals surface area contributed by atoms with Crippen LogP contribution < -0.4 is 16.8 Å².